The van der Waals surface area contributed by atoms with Crippen LogP contribution in [0.2, 0.25) is 0 Å². The van der Waals surface area contributed by atoms with Gasteiger partial charge in [0.05, 0.1) is 10.6 Å². The maximum absolute atomic E-state index is 12.4. The van der Waals surface area contributed by atoms with Gasteiger partial charge in [0.15, 0.2) is 5.16 Å². The van der Waals surface area contributed by atoms with Crippen LogP contribution < -0.4 is 16.2 Å². The van der Waals surface area contributed by atoms with Crippen molar-refractivity contribution in [3.63, 3.8) is 0 Å². The molecule has 1 atom stereocenters. The van der Waals surface area contributed by atoms with Gasteiger partial charge in [-0.3, -0.25) is 14.9 Å². The largest absolute Gasteiger partial charge is 0.341 e. The Kier molecular flexibility index (Phi) is 4.91. The molecule has 3 N–H and O–H groups in total. The molecule has 1 aliphatic carbocycles. The zero-order valence-corrected chi connectivity index (χ0v) is 15.0. The van der Waals surface area contributed by atoms with Gasteiger partial charge in [-0.15, -0.1) is 11.3 Å². The van der Waals surface area contributed by atoms with Crippen LogP contribution >= 0.6 is 23.1 Å². The number of imide groups is 1. The number of nitrogens with zero attached hydrogens (tertiary/aromatic N) is 1. The summed E-state index contributed by atoms with van der Waals surface area (Å²) in [5.74, 6) is -0.437. The number of hydrogen-bond acceptors (Lipinski definition) is 6. The summed E-state index contributed by atoms with van der Waals surface area (Å²) in [6, 6.07) is -0.560. The molecule has 2 aromatic heterocycles. The minimum Gasteiger partial charge on any atom is -0.341 e. The highest BCUT2D eigenvalue weighted by Gasteiger charge is 2.22. The molecule has 0 bridgehead atoms. The van der Waals surface area contributed by atoms with Gasteiger partial charge < -0.3 is 10.3 Å². The molecule has 24 heavy (non-hydrogen) atoms. The Morgan fingerprint density at radius 2 is 2.08 bits per heavy atom. The Morgan fingerprint density at radius 1 is 1.33 bits per heavy atom. The number of carbonyl (C=O) groups excluding carboxylic acids is 2. The smallest absolute Gasteiger partial charge is 0.321 e. The molecule has 0 aliphatic heterocycles. The fraction of sp³-hybridized carbons (Fsp3) is 0.467. The molecule has 0 radical (unpaired) electrons. The summed E-state index contributed by atoms with van der Waals surface area (Å²) in [5, 5.41) is 5.07. The Labute approximate surface area is 146 Å². The molecule has 128 valence electrons. The van der Waals surface area contributed by atoms with Gasteiger partial charge in [-0.2, -0.15) is 0 Å². The molecule has 2 heterocycles. The summed E-state index contributed by atoms with van der Waals surface area (Å²) in [6.07, 6.45) is 4.18. The Hall–Kier alpha value is -1.87. The SMILES string of the molecule is CNC(=O)NC(=O)[C@H](C)Sc1nc2sc3c(c2c(=O)[nH]1)CCCC3. The van der Waals surface area contributed by atoms with Crippen molar-refractivity contribution in [2.45, 2.75) is 43.0 Å². The van der Waals surface area contributed by atoms with Crippen molar-refractivity contribution >= 4 is 45.3 Å². The zero-order chi connectivity index (χ0) is 17.3. The molecule has 0 fully saturated rings. The molecule has 7 nitrogen and oxygen atoms in total. The number of fused-ring (bicyclic) bond motifs is 3. The van der Waals surface area contributed by atoms with Crippen molar-refractivity contribution < 1.29 is 9.59 Å². The summed E-state index contributed by atoms with van der Waals surface area (Å²) in [5.41, 5.74) is 0.984. The maximum Gasteiger partial charge on any atom is 0.321 e. The fourth-order valence-corrected chi connectivity index (χ4v) is 4.81. The maximum atomic E-state index is 12.4. The lowest BCUT2D eigenvalue weighted by Crippen LogP contribution is -2.41. The molecule has 9 heteroatoms. The molecule has 1 aliphatic rings. The summed E-state index contributed by atoms with van der Waals surface area (Å²) in [7, 11) is 1.44. The first-order valence-electron chi connectivity index (χ1n) is 7.73. The highest BCUT2D eigenvalue weighted by molar-refractivity contribution is 8.00. The third-order valence-corrected chi connectivity index (χ3v) is 6.09. The lowest BCUT2D eigenvalue weighted by molar-refractivity contribution is -0.119. The van der Waals surface area contributed by atoms with Gasteiger partial charge in [0, 0.05) is 11.9 Å². The zero-order valence-electron chi connectivity index (χ0n) is 13.4. The fourth-order valence-electron chi connectivity index (χ4n) is 2.70. The van der Waals surface area contributed by atoms with E-state index >= 15 is 0 Å². The third kappa shape index (κ3) is 3.32. The highest BCUT2D eigenvalue weighted by atomic mass is 32.2. The van der Waals surface area contributed by atoms with Crippen LogP contribution in [-0.2, 0) is 17.6 Å². The van der Waals surface area contributed by atoms with Gasteiger partial charge in [0.25, 0.3) is 5.56 Å². The molecule has 0 aromatic carbocycles. The van der Waals surface area contributed by atoms with Gasteiger partial charge in [-0.05, 0) is 38.2 Å². The monoisotopic (exact) mass is 366 g/mol. The minimum atomic E-state index is -0.560. The number of rotatable bonds is 3. The van der Waals surface area contributed by atoms with Crippen molar-refractivity contribution in [2.24, 2.45) is 0 Å². The van der Waals surface area contributed by atoms with Crippen molar-refractivity contribution in [3.05, 3.63) is 20.8 Å². The number of hydrogen-bond donors (Lipinski definition) is 3. The van der Waals surface area contributed by atoms with Gasteiger partial charge >= 0.3 is 6.03 Å². The van der Waals surface area contributed by atoms with E-state index in [2.05, 4.69) is 20.6 Å². The number of aromatic nitrogens is 2. The lowest BCUT2D eigenvalue weighted by atomic mass is 9.97. The van der Waals surface area contributed by atoms with Crippen molar-refractivity contribution in [1.82, 2.24) is 20.6 Å². The van der Waals surface area contributed by atoms with Crippen molar-refractivity contribution in [3.8, 4) is 0 Å². The number of thiophene rings is 1. The van der Waals surface area contributed by atoms with E-state index in [0.29, 0.717) is 10.5 Å². The second kappa shape index (κ2) is 6.94. The van der Waals surface area contributed by atoms with E-state index in [1.165, 1.54) is 11.9 Å². The Morgan fingerprint density at radius 3 is 2.83 bits per heavy atom. The van der Waals surface area contributed by atoms with E-state index in [-0.39, 0.29) is 5.56 Å². The lowest BCUT2D eigenvalue weighted by Gasteiger charge is -2.10. The summed E-state index contributed by atoms with van der Waals surface area (Å²) >= 11 is 2.70. The summed E-state index contributed by atoms with van der Waals surface area (Å²) in [4.78, 5) is 44.8. The van der Waals surface area contributed by atoms with E-state index in [9.17, 15) is 14.4 Å². The number of H-pyrrole nitrogens is 1. The minimum absolute atomic E-state index is 0.152. The normalized spacial score (nSPS) is 14.9. The third-order valence-electron chi connectivity index (χ3n) is 3.92. The quantitative estimate of drug-likeness (QED) is 0.568. The van der Waals surface area contributed by atoms with Crippen LogP contribution in [0.25, 0.3) is 10.2 Å². The molecule has 2 aromatic rings. The molecule has 0 unspecified atom stereocenters. The van der Waals surface area contributed by atoms with E-state index in [1.54, 1.807) is 18.3 Å². The van der Waals surface area contributed by atoms with E-state index in [4.69, 9.17) is 0 Å². The van der Waals surface area contributed by atoms with Crippen LogP contribution in [0, 0.1) is 0 Å². The number of thioether (sulfide) groups is 1. The van der Waals surface area contributed by atoms with Crippen LogP contribution in [0.4, 0.5) is 4.79 Å². The average molecular weight is 366 g/mol. The number of nitrogens with one attached hydrogen (secondary N) is 3. The first-order chi connectivity index (χ1) is 11.5. The predicted molar refractivity (Wildman–Crippen MR) is 94.8 cm³/mol. The van der Waals surface area contributed by atoms with Crippen LogP contribution in [0.3, 0.4) is 0 Å². The molecule has 3 rings (SSSR count). The van der Waals surface area contributed by atoms with E-state index < -0.39 is 17.2 Å². The van der Waals surface area contributed by atoms with Crippen LogP contribution in [0.5, 0.6) is 0 Å². The van der Waals surface area contributed by atoms with Gasteiger partial charge in [-0.1, -0.05) is 11.8 Å². The van der Waals surface area contributed by atoms with Gasteiger partial charge in [-0.25, -0.2) is 9.78 Å². The second-order valence-corrected chi connectivity index (χ2v) is 8.00. The number of aromatic amines is 1. The first kappa shape index (κ1) is 17.0. The van der Waals surface area contributed by atoms with Crippen molar-refractivity contribution in [2.75, 3.05) is 7.05 Å². The molecule has 3 amide bonds. The van der Waals surface area contributed by atoms with E-state index in [0.717, 1.165) is 47.8 Å². The number of carbonyl (C=O) groups is 2. The topological polar surface area (TPSA) is 104 Å². The Bertz CT molecular complexity index is 858. The van der Waals surface area contributed by atoms with Crippen molar-refractivity contribution in [1.29, 1.82) is 0 Å². The molecule has 0 saturated heterocycles. The number of aryl methyl sites for hydroxylation is 2. The average Bonchev–Trinajstić information content (AvgIpc) is 2.93. The van der Waals surface area contributed by atoms with E-state index in [1.807, 2.05) is 0 Å². The van der Waals surface area contributed by atoms with Gasteiger partial charge in [0.2, 0.25) is 5.91 Å². The van der Waals surface area contributed by atoms with Crippen LogP contribution in [0.1, 0.15) is 30.2 Å². The molecule has 0 spiro atoms. The van der Waals surface area contributed by atoms with Gasteiger partial charge in [0.1, 0.15) is 4.83 Å². The second-order valence-electron chi connectivity index (χ2n) is 5.59. The first-order valence-corrected chi connectivity index (χ1v) is 9.43. The Balaban J connectivity index is 1.84. The molecular formula is C15H18N4O3S2. The summed E-state index contributed by atoms with van der Waals surface area (Å²) in [6.45, 7) is 1.66. The van der Waals surface area contributed by atoms with Crippen LogP contribution in [-0.4, -0.2) is 34.2 Å². The predicted octanol–water partition coefficient (Wildman–Crippen LogP) is 1.80. The summed E-state index contributed by atoms with van der Waals surface area (Å²) < 4.78 is 0. The number of urea groups is 1. The highest BCUT2D eigenvalue weighted by Crippen LogP contribution is 2.34. The molecular weight excluding hydrogens is 348 g/mol. The standard InChI is InChI=1S/C15H18N4O3S2/c1-7(11(20)17-14(22)16-2)23-15-18-12(21)10-8-5-3-4-6-9(8)24-13(10)19-15/h7H,3-6H2,1-2H3,(H,18,19,21)(H2,16,17,20,22)/t7-/m0/s1. The number of amides is 3. The molecule has 0 saturated carbocycles. The van der Waals surface area contributed by atoms with Crippen LogP contribution in [0.15, 0.2) is 9.95 Å².